The molecule has 0 spiro atoms. The largest absolute Gasteiger partial charge is 0.301 e. The van der Waals surface area contributed by atoms with Crippen LogP contribution in [-0.2, 0) is 0 Å². The second-order valence-electron chi connectivity index (χ2n) is 2.79. The summed E-state index contributed by atoms with van der Waals surface area (Å²) < 4.78 is 0. The smallest absolute Gasteiger partial charge is 0.253 e. The molecule has 2 rings (SSSR count). The van der Waals surface area contributed by atoms with Gasteiger partial charge in [0.15, 0.2) is 5.16 Å². The van der Waals surface area contributed by atoms with Gasteiger partial charge in [0.1, 0.15) is 5.15 Å². The van der Waals surface area contributed by atoms with Crippen molar-refractivity contribution in [2.45, 2.75) is 10.1 Å². The van der Waals surface area contributed by atoms with Crippen LogP contribution in [0.25, 0.3) is 0 Å². The molecule has 3 nitrogen and oxygen atoms in total. The molecule has 0 amide bonds. The Hall–Kier alpha value is -1.26. The minimum Gasteiger partial charge on any atom is -0.301 e. The van der Waals surface area contributed by atoms with Crippen LogP contribution >= 0.6 is 23.4 Å². The molecule has 0 unspecified atom stereocenters. The Labute approximate surface area is 95.5 Å². The van der Waals surface area contributed by atoms with E-state index in [0.717, 1.165) is 4.90 Å². The predicted octanol–water partition coefficient (Wildman–Crippen LogP) is 2.57. The molecule has 1 N–H and O–H groups in total. The van der Waals surface area contributed by atoms with Crippen molar-refractivity contribution >= 4 is 23.4 Å². The number of nitrogens with zero attached hydrogens (tertiary/aromatic N) is 1. The first-order chi connectivity index (χ1) is 7.24. The fourth-order valence-corrected chi connectivity index (χ4v) is 2.10. The van der Waals surface area contributed by atoms with E-state index in [1.807, 2.05) is 30.3 Å². The normalized spacial score (nSPS) is 10.2. The van der Waals surface area contributed by atoms with Crippen LogP contribution in [0.5, 0.6) is 0 Å². The van der Waals surface area contributed by atoms with Gasteiger partial charge in [0.25, 0.3) is 5.56 Å². The molecule has 5 heteroatoms. The van der Waals surface area contributed by atoms with Crippen LogP contribution < -0.4 is 5.56 Å². The third-order valence-corrected chi connectivity index (χ3v) is 2.73. The highest BCUT2D eigenvalue weighted by Crippen LogP contribution is 2.23. The molecular formula is C10H7ClN2OS. The van der Waals surface area contributed by atoms with E-state index < -0.39 is 0 Å². The van der Waals surface area contributed by atoms with Crippen LogP contribution in [0, 0.1) is 0 Å². The first-order valence-electron chi connectivity index (χ1n) is 4.24. The Balaban J connectivity index is 2.29. The summed E-state index contributed by atoms with van der Waals surface area (Å²) in [7, 11) is 0. The van der Waals surface area contributed by atoms with Gasteiger partial charge < -0.3 is 4.98 Å². The number of aromatic amines is 1. The van der Waals surface area contributed by atoms with E-state index in [-0.39, 0.29) is 10.7 Å². The van der Waals surface area contributed by atoms with Crippen LogP contribution in [0.4, 0.5) is 0 Å². The zero-order valence-corrected chi connectivity index (χ0v) is 9.18. The molecule has 1 aromatic heterocycles. The third kappa shape index (κ3) is 2.84. The molecule has 0 aliphatic carbocycles. The molecular weight excluding hydrogens is 232 g/mol. The standard InChI is InChI=1S/C10H7ClN2OS/c11-8-6-9(14)13-10(12-8)15-7-4-2-1-3-5-7/h1-6H,(H,12,13,14). The first kappa shape index (κ1) is 10.3. The fourth-order valence-electron chi connectivity index (χ4n) is 1.06. The number of halogens is 1. The van der Waals surface area contributed by atoms with E-state index in [0.29, 0.717) is 5.16 Å². The van der Waals surface area contributed by atoms with E-state index in [2.05, 4.69) is 9.97 Å². The summed E-state index contributed by atoms with van der Waals surface area (Å²) in [4.78, 5) is 18.7. The molecule has 0 bridgehead atoms. The van der Waals surface area contributed by atoms with Gasteiger partial charge in [-0.3, -0.25) is 4.79 Å². The summed E-state index contributed by atoms with van der Waals surface area (Å²) in [6.45, 7) is 0. The molecule has 76 valence electrons. The van der Waals surface area contributed by atoms with E-state index in [1.165, 1.54) is 17.8 Å². The predicted molar refractivity (Wildman–Crippen MR) is 60.4 cm³/mol. The van der Waals surface area contributed by atoms with Crippen molar-refractivity contribution < 1.29 is 0 Å². The maximum atomic E-state index is 11.1. The number of rotatable bonds is 2. The monoisotopic (exact) mass is 238 g/mol. The van der Waals surface area contributed by atoms with Crippen LogP contribution in [0.3, 0.4) is 0 Å². The van der Waals surface area contributed by atoms with Crippen molar-refractivity contribution in [3.63, 3.8) is 0 Å². The zero-order chi connectivity index (χ0) is 10.7. The maximum Gasteiger partial charge on any atom is 0.253 e. The van der Waals surface area contributed by atoms with E-state index in [9.17, 15) is 4.79 Å². The molecule has 0 saturated carbocycles. The Morgan fingerprint density at radius 2 is 2.00 bits per heavy atom. The van der Waals surface area contributed by atoms with Gasteiger partial charge in [0, 0.05) is 11.0 Å². The van der Waals surface area contributed by atoms with Gasteiger partial charge in [-0.25, -0.2) is 4.98 Å². The molecule has 0 saturated heterocycles. The van der Waals surface area contributed by atoms with Gasteiger partial charge in [-0.15, -0.1) is 0 Å². The average Bonchev–Trinajstić information content (AvgIpc) is 2.17. The van der Waals surface area contributed by atoms with E-state index in [1.54, 1.807) is 0 Å². The zero-order valence-electron chi connectivity index (χ0n) is 7.61. The summed E-state index contributed by atoms with van der Waals surface area (Å²) in [5.74, 6) is 0. The molecule has 0 atom stereocenters. The van der Waals surface area contributed by atoms with Crippen LogP contribution in [0.1, 0.15) is 0 Å². The van der Waals surface area contributed by atoms with Gasteiger partial charge in [-0.1, -0.05) is 41.6 Å². The van der Waals surface area contributed by atoms with Crippen LogP contribution in [0.2, 0.25) is 5.15 Å². The second-order valence-corrected chi connectivity index (χ2v) is 4.24. The molecule has 1 aromatic carbocycles. The Morgan fingerprint density at radius 1 is 1.27 bits per heavy atom. The van der Waals surface area contributed by atoms with Gasteiger partial charge in [-0.2, -0.15) is 0 Å². The highest BCUT2D eigenvalue weighted by atomic mass is 35.5. The van der Waals surface area contributed by atoms with Crippen molar-refractivity contribution in [2.75, 3.05) is 0 Å². The van der Waals surface area contributed by atoms with Gasteiger partial charge >= 0.3 is 0 Å². The average molecular weight is 239 g/mol. The second kappa shape index (κ2) is 4.51. The van der Waals surface area contributed by atoms with E-state index >= 15 is 0 Å². The lowest BCUT2D eigenvalue weighted by molar-refractivity contribution is 0.937. The van der Waals surface area contributed by atoms with Crippen LogP contribution in [-0.4, -0.2) is 9.97 Å². The summed E-state index contributed by atoms with van der Waals surface area (Å²) in [6.07, 6.45) is 0. The van der Waals surface area contributed by atoms with Crippen molar-refractivity contribution in [2.24, 2.45) is 0 Å². The SMILES string of the molecule is O=c1cc(Cl)nc(Sc2ccccc2)[nH]1. The van der Waals surface area contributed by atoms with Crippen molar-refractivity contribution in [3.05, 3.63) is 51.9 Å². The van der Waals surface area contributed by atoms with Gasteiger partial charge in [-0.05, 0) is 12.1 Å². The summed E-state index contributed by atoms with van der Waals surface area (Å²) in [6, 6.07) is 10.9. The van der Waals surface area contributed by atoms with Crippen molar-refractivity contribution in [1.29, 1.82) is 0 Å². The molecule has 0 fully saturated rings. The van der Waals surface area contributed by atoms with Crippen LogP contribution in [0.15, 0.2) is 51.2 Å². The number of benzene rings is 1. The fraction of sp³-hybridized carbons (Fsp3) is 0. The van der Waals surface area contributed by atoms with Crippen molar-refractivity contribution in [3.8, 4) is 0 Å². The number of nitrogens with one attached hydrogen (secondary N) is 1. The lowest BCUT2D eigenvalue weighted by Gasteiger charge is -1.99. The molecule has 15 heavy (non-hydrogen) atoms. The quantitative estimate of drug-likeness (QED) is 0.646. The number of aromatic nitrogens is 2. The lowest BCUT2D eigenvalue weighted by atomic mass is 10.4. The summed E-state index contributed by atoms with van der Waals surface area (Å²) in [5, 5.41) is 0.705. The molecule has 2 aromatic rings. The minimum atomic E-state index is -0.242. The van der Waals surface area contributed by atoms with E-state index in [4.69, 9.17) is 11.6 Å². The third-order valence-electron chi connectivity index (χ3n) is 1.65. The van der Waals surface area contributed by atoms with Gasteiger partial charge in [0.05, 0.1) is 0 Å². The first-order valence-corrected chi connectivity index (χ1v) is 5.43. The molecule has 0 radical (unpaired) electrons. The summed E-state index contributed by atoms with van der Waals surface area (Å²) >= 11 is 7.04. The number of H-pyrrole nitrogens is 1. The number of hydrogen-bond donors (Lipinski definition) is 1. The Morgan fingerprint density at radius 3 is 2.67 bits per heavy atom. The topological polar surface area (TPSA) is 45.8 Å². The minimum absolute atomic E-state index is 0.206. The van der Waals surface area contributed by atoms with Gasteiger partial charge in [0.2, 0.25) is 0 Å². The lowest BCUT2D eigenvalue weighted by Crippen LogP contribution is -2.06. The Kier molecular flexibility index (Phi) is 3.08. The number of hydrogen-bond acceptors (Lipinski definition) is 3. The Bertz CT molecular complexity index is 512. The van der Waals surface area contributed by atoms with Crippen molar-refractivity contribution in [1.82, 2.24) is 9.97 Å². The molecule has 0 aliphatic rings. The summed E-state index contributed by atoms with van der Waals surface area (Å²) in [5.41, 5.74) is -0.242. The maximum absolute atomic E-state index is 11.1. The molecule has 1 heterocycles. The highest BCUT2D eigenvalue weighted by molar-refractivity contribution is 7.99. The highest BCUT2D eigenvalue weighted by Gasteiger charge is 2.01. The molecule has 0 aliphatic heterocycles.